The first-order chi connectivity index (χ1) is 14.7. The molecule has 0 unspecified atom stereocenters. The summed E-state index contributed by atoms with van der Waals surface area (Å²) in [6.07, 6.45) is 5.50. The van der Waals surface area contributed by atoms with Crippen LogP contribution < -0.4 is 10.1 Å². The van der Waals surface area contributed by atoms with Gasteiger partial charge in [-0.1, -0.05) is 42.5 Å². The van der Waals surface area contributed by atoms with Crippen molar-refractivity contribution in [3.63, 3.8) is 0 Å². The van der Waals surface area contributed by atoms with E-state index in [1.165, 1.54) is 5.56 Å². The maximum Gasteiger partial charge on any atom is 0.260 e. The van der Waals surface area contributed by atoms with Gasteiger partial charge in [-0.15, -0.1) is 0 Å². The Morgan fingerprint density at radius 1 is 1.03 bits per heavy atom. The molecule has 2 aromatic carbocycles. The molecular weight excluding hydrogens is 378 g/mol. The predicted octanol–water partition coefficient (Wildman–Crippen LogP) is 2.81. The zero-order chi connectivity index (χ0) is 20.8. The number of anilines is 1. The average molecular weight is 405 g/mol. The minimum absolute atomic E-state index is 0.0144. The van der Waals surface area contributed by atoms with Crippen LogP contribution in [0.3, 0.4) is 0 Å². The molecule has 0 saturated carbocycles. The first-order valence-electron chi connectivity index (χ1n) is 10.4. The Labute approximate surface area is 177 Å². The third-order valence-electron chi connectivity index (χ3n) is 5.53. The van der Waals surface area contributed by atoms with Crippen molar-refractivity contribution in [3.05, 3.63) is 65.7 Å². The first-order valence-corrected chi connectivity index (χ1v) is 10.4. The van der Waals surface area contributed by atoms with Crippen LogP contribution in [0.1, 0.15) is 17.5 Å². The van der Waals surface area contributed by atoms with Gasteiger partial charge in [-0.3, -0.25) is 14.5 Å². The second-order valence-corrected chi connectivity index (χ2v) is 7.65. The van der Waals surface area contributed by atoms with Crippen LogP contribution in [0.25, 0.3) is 6.08 Å². The van der Waals surface area contributed by atoms with Crippen molar-refractivity contribution in [1.82, 2.24) is 9.80 Å². The van der Waals surface area contributed by atoms with Crippen LogP contribution >= 0.6 is 0 Å². The minimum Gasteiger partial charge on any atom is -0.484 e. The maximum absolute atomic E-state index is 12.5. The summed E-state index contributed by atoms with van der Waals surface area (Å²) < 4.78 is 5.73. The number of amides is 2. The van der Waals surface area contributed by atoms with E-state index in [1.807, 2.05) is 35.2 Å². The van der Waals surface area contributed by atoms with Gasteiger partial charge >= 0.3 is 0 Å². The molecule has 6 nitrogen and oxygen atoms in total. The molecule has 2 aliphatic heterocycles. The predicted molar refractivity (Wildman–Crippen MR) is 117 cm³/mol. The molecule has 0 spiro atoms. The van der Waals surface area contributed by atoms with Gasteiger partial charge in [-0.05, 0) is 35.7 Å². The second-order valence-electron chi connectivity index (χ2n) is 7.65. The highest BCUT2D eigenvalue weighted by Crippen LogP contribution is 2.26. The molecule has 2 aromatic rings. The number of nitrogens with zero attached hydrogens (tertiary/aromatic N) is 2. The average Bonchev–Trinajstić information content (AvgIpc) is 2.78. The SMILES string of the molecule is O=C1CCc2cc(OCC(=O)N3CCN(C/C=C/c4ccccc4)CC3)ccc2N1. The van der Waals surface area contributed by atoms with Crippen LogP contribution in [-0.2, 0) is 16.0 Å². The number of benzene rings is 2. The van der Waals surface area contributed by atoms with Crippen LogP contribution in [0.15, 0.2) is 54.6 Å². The fraction of sp³-hybridized carbons (Fsp3) is 0.333. The zero-order valence-electron chi connectivity index (χ0n) is 17.0. The summed E-state index contributed by atoms with van der Waals surface area (Å²) in [4.78, 5) is 28.2. The second kappa shape index (κ2) is 9.59. The van der Waals surface area contributed by atoms with E-state index in [9.17, 15) is 9.59 Å². The van der Waals surface area contributed by atoms with Gasteiger partial charge in [0.15, 0.2) is 6.61 Å². The molecule has 0 aliphatic carbocycles. The normalized spacial score (nSPS) is 16.9. The van der Waals surface area contributed by atoms with Crippen LogP contribution in [0.5, 0.6) is 5.75 Å². The number of carbonyl (C=O) groups excluding carboxylic acids is 2. The number of nitrogens with one attached hydrogen (secondary N) is 1. The molecule has 30 heavy (non-hydrogen) atoms. The molecule has 1 N–H and O–H groups in total. The van der Waals surface area contributed by atoms with Crippen molar-refractivity contribution in [2.75, 3.05) is 44.6 Å². The van der Waals surface area contributed by atoms with Gasteiger partial charge in [0.2, 0.25) is 5.91 Å². The van der Waals surface area contributed by atoms with E-state index in [0.29, 0.717) is 18.6 Å². The number of hydrogen-bond donors (Lipinski definition) is 1. The Hall–Kier alpha value is -3.12. The third kappa shape index (κ3) is 5.27. The molecular formula is C24H27N3O3. The summed E-state index contributed by atoms with van der Waals surface area (Å²) in [5.41, 5.74) is 3.09. The highest BCUT2D eigenvalue weighted by atomic mass is 16.5. The molecule has 0 aromatic heterocycles. The highest BCUT2D eigenvalue weighted by Gasteiger charge is 2.21. The lowest BCUT2D eigenvalue weighted by Crippen LogP contribution is -2.49. The molecule has 1 fully saturated rings. The summed E-state index contributed by atoms with van der Waals surface area (Å²) in [5.74, 6) is 0.726. The molecule has 6 heteroatoms. The van der Waals surface area contributed by atoms with Crippen molar-refractivity contribution < 1.29 is 14.3 Å². The molecule has 0 atom stereocenters. The Balaban J connectivity index is 1.20. The fourth-order valence-electron chi connectivity index (χ4n) is 3.77. The van der Waals surface area contributed by atoms with Crippen molar-refractivity contribution >= 4 is 23.6 Å². The van der Waals surface area contributed by atoms with E-state index < -0.39 is 0 Å². The summed E-state index contributed by atoms with van der Waals surface area (Å²) in [5, 5.41) is 2.85. The van der Waals surface area contributed by atoms with Crippen LogP contribution in [-0.4, -0.2) is 60.9 Å². The van der Waals surface area contributed by atoms with Crippen molar-refractivity contribution in [2.45, 2.75) is 12.8 Å². The highest BCUT2D eigenvalue weighted by molar-refractivity contribution is 5.94. The Bertz CT molecular complexity index is 919. The minimum atomic E-state index is 0.0144. The van der Waals surface area contributed by atoms with E-state index in [1.54, 1.807) is 6.07 Å². The molecule has 0 bridgehead atoms. The van der Waals surface area contributed by atoms with Crippen molar-refractivity contribution in [3.8, 4) is 5.75 Å². The monoisotopic (exact) mass is 405 g/mol. The number of aryl methyl sites for hydroxylation is 1. The van der Waals surface area contributed by atoms with E-state index in [4.69, 9.17) is 4.74 Å². The topological polar surface area (TPSA) is 61.9 Å². The van der Waals surface area contributed by atoms with Gasteiger partial charge in [-0.25, -0.2) is 0 Å². The van der Waals surface area contributed by atoms with Gasteiger partial charge < -0.3 is 15.0 Å². The van der Waals surface area contributed by atoms with Crippen LogP contribution in [0.2, 0.25) is 0 Å². The Morgan fingerprint density at radius 2 is 1.83 bits per heavy atom. The molecule has 0 radical (unpaired) electrons. The standard InChI is InChI=1S/C24H27N3O3/c28-23-11-8-20-17-21(9-10-22(20)25-23)30-18-24(29)27-15-13-26(14-16-27)12-4-7-19-5-2-1-3-6-19/h1-7,9-10,17H,8,11-16,18H2,(H,25,28)/b7-4+. The smallest absolute Gasteiger partial charge is 0.260 e. The molecule has 2 heterocycles. The van der Waals surface area contributed by atoms with Crippen molar-refractivity contribution in [2.24, 2.45) is 0 Å². The van der Waals surface area contributed by atoms with Crippen LogP contribution in [0.4, 0.5) is 5.69 Å². The molecule has 1 saturated heterocycles. The molecule has 2 aliphatic rings. The van der Waals surface area contributed by atoms with E-state index >= 15 is 0 Å². The molecule has 4 rings (SSSR count). The number of carbonyl (C=O) groups is 2. The largest absolute Gasteiger partial charge is 0.484 e. The van der Waals surface area contributed by atoms with E-state index in [-0.39, 0.29) is 18.4 Å². The van der Waals surface area contributed by atoms with Gasteiger partial charge in [-0.2, -0.15) is 0 Å². The zero-order valence-corrected chi connectivity index (χ0v) is 17.0. The van der Waals surface area contributed by atoms with E-state index in [0.717, 1.165) is 44.0 Å². The number of fused-ring (bicyclic) bond motifs is 1. The lowest BCUT2D eigenvalue weighted by molar-refractivity contribution is -0.135. The molecule has 2 amide bonds. The molecule has 156 valence electrons. The number of rotatable bonds is 6. The lowest BCUT2D eigenvalue weighted by atomic mass is 10.0. The van der Waals surface area contributed by atoms with Crippen LogP contribution in [0, 0.1) is 0 Å². The third-order valence-corrected chi connectivity index (χ3v) is 5.53. The first kappa shape index (κ1) is 20.2. The maximum atomic E-state index is 12.5. The Morgan fingerprint density at radius 3 is 2.63 bits per heavy atom. The number of hydrogen-bond acceptors (Lipinski definition) is 4. The van der Waals surface area contributed by atoms with Gasteiger partial charge in [0.05, 0.1) is 0 Å². The summed E-state index contributed by atoms with van der Waals surface area (Å²) >= 11 is 0. The fourth-order valence-corrected chi connectivity index (χ4v) is 3.77. The van der Waals surface area contributed by atoms with Gasteiger partial charge in [0, 0.05) is 44.8 Å². The number of piperazine rings is 1. The quantitative estimate of drug-likeness (QED) is 0.803. The lowest BCUT2D eigenvalue weighted by Gasteiger charge is -2.34. The van der Waals surface area contributed by atoms with Gasteiger partial charge in [0.25, 0.3) is 5.91 Å². The van der Waals surface area contributed by atoms with Crippen molar-refractivity contribution in [1.29, 1.82) is 0 Å². The Kier molecular flexibility index (Phi) is 6.44. The van der Waals surface area contributed by atoms with Gasteiger partial charge in [0.1, 0.15) is 5.75 Å². The number of ether oxygens (including phenoxy) is 1. The van der Waals surface area contributed by atoms with E-state index in [2.05, 4.69) is 34.5 Å². The summed E-state index contributed by atoms with van der Waals surface area (Å²) in [7, 11) is 0. The summed E-state index contributed by atoms with van der Waals surface area (Å²) in [6, 6.07) is 15.8. The summed E-state index contributed by atoms with van der Waals surface area (Å²) in [6.45, 7) is 4.10.